The Balaban J connectivity index is 1.75. The molecule has 0 aliphatic heterocycles. The molecule has 2 aromatic carbocycles. The molecule has 24 heavy (non-hydrogen) atoms. The van der Waals surface area contributed by atoms with Gasteiger partial charge in [0.1, 0.15) is 5.75 Å². The molecule has 0 bridgehead atoms. The zero-order valence-corrected chi connectivity index (χ0v) is 12.9. The van der Waals surface area contributed by atoms with Crippen LogP contribution in [0.1, 0.15) is 12.1 Å². The first-order valence-corrected chi connectivity index (χ1v) is 7.52. The van der Waals surface area contributed by atoms with E-state index in [0.717, 1.165) is 5.75 Å². The Kier molecular flexibility index (Phi) is 4.51. The maximum atomic E-state index is 11.0. The second-order valence-electron chi connectivity index (χ2n) is 5.25. The maximum Gasteiger partial charge on any atom is 0.270 e. The predicted molar refractivity (Wildman–Crippen MR) is 90.9 cm³/mol. The average Bonchev–Trinajstić information content (AvgIpc) is 2.59. The summed E-state index contributed by atoms with van der Waals surface area (Å²) in [7, 11) is 0. The van der Waals surface area contributed by atoms with Gasteiger partial charge in [-0.15, -0.1) is 0 Å². The van der Waals surface area contributed by atoms with Crippen LogP contribution in [0.25, 0.3) is 10.9 Å². The van der Waals surface area contributed by atoms with E-state index in [-0.39, 0.29) is 11.6 Å². The van der Waals surface area contributed by atoms with Gasteiger partial charge < -0.3 is 10.5 Å². The minimum Gasteiger partial charge on any atom is -0.494 e. The number of hydrogen-bond donors (Lipinski definition) is 1. The van der Waals surface area contributed by atoms with Crippen molar-refractivity contribution >= 4 is 22.5 Å². The number of non-ortho nitro benzene ring substituents is 1. The van der Waals surface area contributed by atoms with Crippen LogP contribution in [0.15, 0.2) is 48.5 Å². The fourth-order valence-corrected chi connectivity index (χ4v) is 2.45. The van der Waals surface area contributed by atoms with Crippen molar-refractivity contribution in [3.63, 3.8) is 0 Å². The van der Waals surface area contributed by atoms with Crippen molar-refractivity contribution in [1.82, 2.24) is 9.97 Å². The standard InChI is InChI=1S/C17H16N4O3/c18-17-19-15(7-4-10-24-13-5-2-1-3-6-13)14-11-12(21(22)23)8-9-16(14)20-17/h1-3,5-6,8-9,11H,4,7,10H2,(H2,18,19,20). The van der Waals surface area contributed by atoms with Gasteiger partial charge in [0.2, 0.25) is 5.95 Å². The Hall–Kier alpha value is -3.22. The molecule has 2 N–H and O–H groups in total. The number of nitrogens with two attached hydrogens (primary N) is 1. The lowest BCUT2D eigenvalue weighted by atomic mass is 10.1. The number of aryl methyl sites for hydroxylation is 1. The molecule has 0 amide bonds. The van der Waals surface area contributed by atoms with Gasteiger partial charge in [-0.25, -0.2) is 9.97 Å². The molecule has 1 aromatic heterocycles. The van der Waals surface area contributed by atoms with Crippen LogP contribution in [0.3, 0.4) is 0 Å². The van der Waals surface area contributed by atoms with Crippen molar-refractivity contribution in [2.24, 2.45) is 0 Å². The van der Waals surface area contributed by atoms with E-state index >= 15 is 0 Å². The molecule has 0 aliphatic rings. The number of hydrogen-bond acceptors (Lipinski definition) is 6. The second kappa shape index (κ2) is 6.91. The van der Waals surface area contributed by atoms with Gasteiger partial charge in [0.15, 0.2) is 0 Å². The zero-order valence-electron chi connectivity index (χ0n) is 12.9. The molecular weight excluding hydrogens is 308 g/mol. The number of nitro benzene ring substituents is 1. The van der Waals surface area contributed by atoms with Crippen LogP contribution in [0.2, 0.25) is 0 Å². The van der Waals surface area contributed by atoms with E-state index in [1.807, 2.05) is 30.3 Å². The highest BCUT2D eigenvalue weighted by Gasteiger charge is 2.12. The smallest absolute Gasteiger partial charge is 0.270 e. The van der Waals surface area contributed by atoms with Gasteiger partial charge in [0.25, 0.3) is 5.69 Å². The van der Waals surface area contributed by atoms with Crippen LogP contribution in [0.5, 0.6) is 5.75 Å². The monoisotopic (exact) mass is 324 g/mol. The molecule has 0 spiro atoms. The molecule has 0 fully saturated rings. The number of para-hydroxylation sites is 1. The van der Waals surface area contributed by atoms with Crippen LogP contribution in [-0.2, 0) is 6.42 Å². The predicted octanol–water partition coefficient (Wildman–Crippen LogP) is 3.13. The fourth-order valence-electron chi connectivity index (χ4n) is 2.45. The quantitative estimate of drug-likeness (QED) is 0.424. The van der Waals surface area contributed by atoms with E-state index in [4.69, 9.17) is 10.5 Å². The first-order valence-electron chi connectivity index (χ1n) is 7.52. The summed E-state index contributed by atoms with van der Waals surface area (Å²) in [6.07, 6.45) is 1.31. The molecule has 3 rings (SSSR count). The summed E-state index contributed by atoms with van der Waals surface area (Å²) in [5, 5.41) is 11.6. The molecule has 7 nitrogen and oxygen atoms in total. The molecule has 0 atom stereocenters. The summed E-state index contributed by atoms with van der Waals surface area (Å²) < 4.78 is 5.65. The number of aromatic nitrogens is 2. The number of fused-ring (bicyclic) bond motifs is 1. The van der Waals surface area contributed by atoms with Gasteiger partial charge in [-0.05, 0) is 31.0 Å². The zero-order chi connectivity index (χ0) is 16.9. The summed E-state index contributed by atoms with van der Waals surface area (Å²) in [5.41, 5.74) is 7.04. The Morgan fingerprint density at radius 3 is 2.67 bits per heavy atom. The highest BCUT2D eigenvalue weighted by molar-refractivity contribution is 5.84. The SMILES string of the molecule is Nc1nc(CCCOc2ccccc2)c2cc([N+](=O)[O-])ccc2n1. The van der Waals surface area contributed by atoms with Crippen molar-refractivity contribution in [3.8, 4) is 5.75 Å². The number of ether oxygens (including phenoxy) is 1. The number of nitro groups is 1. The Bertz CT molecular complexity index is 868. The van der Waals surface area contributed by atoms with Crippen molar-refractivity contribution < 1.29 is 9.66 Å². The maximum absolute atomic E-state index is 11.0. The van der Waals surface area contributed by atoms with E-state index in [2.05, 4.69) is 9.97 Å². The molecule has 1 heterocycles. The topological polar surface area (TPSA) is 104 Å². The number of rotatable bonds is 6. The van der Waals surface area contributed by atoms with Crippen molar-refractivity contribution in [1.29, 1.82) is 0 Å². The van der Waals surface area contributed by atoms with Crippen LogP contribution < -0.4 is 10.5 Å². The fraction of sp³-hybridized carbons (Fsp3) is 0.176. The molecule has 0 aliphatic carbocycles. The van der Waals surface area contributed by atoms with Crippen molar-refractivity contribution in [3.05, 3.63) is 64.3 Å². The number of benzene rings is 2. The molecule has 0 saturated heterocycles. The molecule has 0 saturated carbocycles. The van der Waals surface area contributed by atoms with E-state index < -0.39 is 4.92 Å². The minimum atomic E-state index is -0.432. The van der Waals surface area contributed by atoms with Gasteiger partial charge in [-0.3, -0.25) is 10.1 Å². The third-order valence-corrected chi connectivity index (χ3v) is 3.56. The third kappa shape index (κ3) is 3.57. The van der Waals surface area contributed by atoms with E-state index in [1.54, 1.807) is 6.07 Å². The highest BCUT2D eigenvalue weighted by Crippen LogP contribution is 2.23. The van der Waals surface area contributed by atoms with Gasteiger partial charge in [-0.1, -0.05) is 18.2 Å². The first kappa shape index (κ1) is 15.7. The van der Waals surface area contributed by atoms with Crippen molar-refractivity contribution in [2.45, 2.75) is 12.8 Å². The second-order valence-corrected chi connectivity index (χ2v) is 5.25. The molecule has 122 valence electrons. The largest absolute Gasteiger partial charge is 0.494 e. The lowest BCUT2D eigenvalue weighted by Gasteiger charge is -2.08. The minimum absolute atomic E-state index is 0.0117. The van der Waals surface area contributed by atoms with Gasteiger partial charge >= 0.3 is 0 Å². The number of nitrogens with zero attached hydrogens (tertiary/aromatic N) is 3. The molecule has 7 heteroatoms. The summed E-state index contributed by atoms with van der Waals surface area (Å²) in [6, 6.07) is 14.0. The van der Waals surface area contributed by atoms with Crippen LogP contribution >= 0.6 is 0 Å². The molecule has 0 unspecified atom stereocenters. The van der Waals surface area contributed by atoms with Crippen LogP contribution in [0.4, 0.5) is 11.6 Å². The normalized spacial score (nSPS) is 10.7. The van der Waals surface area contributed by atoms with Crippen molar-refractivity contribution in [2.75, 3.05) is 12.3 Å². The van der Waals surface area contributed by atoms with Crippen LogP contribution in [0, 0.1) is 10.1 Å². The van der Waals surface area contributed by atoms with E-state index in [0.29, 0.717) is 36.0 Å². The lowest BCUT2D eigenvalue weighted by Crippen LogP contribution is -2.04. The Morgan fingerprint density at radius 2 is 1.92 bits per heavy atom. The number of nitrogen functional groups attached to an aromatic ring is 1. The molecule has 0 radical (unpaired) electrons. The summed E-state index contributed by atoms with van der Waals surface area (Å²) in [4.78, 5) is 18.9. The number of anilines is 1. The highest BCUT2D eigenvalue weighted by atomic mass is 16.6. The van der Waals surface area contributed by atoms with Gasteiger partial charge in [0, 0.05) is 17.5 Å². The molecular formula is C17H16N4O3. The van der Waals surface area contributed by atoms with Crippen LogP contribution in [-0.4, -0.2) is 21.5 Å². The van der Waals surface area contributed by atoms with Gasteiger partial charge in [0.05, 0.1) is 22.7 Å². The Labute approximate surface area is 138 Å². The summed E-state index contributed by atoms with van der Waals surface area (Å²) >= 11 is 0. The van der Waals surface area contributed by atoms with E-state index in [9.17, 15) is 10.1 Å². The molecule has 3 aromatic rings. The average molecular weight is 324 g/mol. The van der Waals surface area contributed by atoms with Gasteiger partial charge in [-0.2, -0.15) is 0 Å². The van der Waals surface area contributed by atoms with E-state index in [1.165, 1.54) is 12.1 Å². The summed E-state index contributed by atoms with van der Waals surface area (Å²) in [5.74, 6) is 0.968. The first-order chi connectivity index (χ1) is 11.6. The lowest BCUT2D eigenvalue weighted by molar-refractivity contribution is -0.384. The Morgan fingerprint density at radius 1 is 1.12 bits per heavy atom. The summed E-state index contributed by atoms with van der Waals surface area (Å²) in [6.45, 7) is 0.518. The third-order valence-electron chi connectivity index (χ3n) is 3.56.